The Hall–Kier alpha value is -2.15. The van der Waals surface area contributed by atoms with Crippen LogP contribution >= 0.6 is 34.4 Å². The topological polar surface area (TPSA) is 87.8 Å². The molecule has 2 atom stereocenters. The van der Waals surface area contributed by atoms with Crippen LogP contribution in [-0.2, 0) is 24.2 Å². The van der Waals surface area contributed by atoms with Crippen molar-refractivity contribution in [1.82, 2.24) is 9.55 Å². The third-order valence-electron chi connectivity index (χ3n) is 5.60. The Morgan fingerprint density at radius 1 is 1.44 bits per heavy atom. The minimum absolute atomic E-state index is 0.0101. The Bertz CT molecular complexity index is 1260. The first-order chi connectivity index (χ1) is 15.3. The first-order valence-corrected chi connectivity index (χ1v) is 13.4. The van der Waals surface area contributed by atoms with Crippen molar-refractivity contribution in [3.63, 3.8) is 0 Å². The standard InChI is InChI=1S/C23H26N4O2S3/c1-12(2)11-27-22(29)18-16-6-5-13(3)9-17(16)32-21(18)26-23(27)31-14(4)19(28)25-20-15(10-24)7-8-30-20/h7-8,12-14H,5-6,9,11H2,1-4H3,(H,25,28). The molecule has 3 aromatic rings. The van der Waals surface area contributed by atoms with Gasteiger partial charge in [0.15, 0.2) is 5.16 Å². The van der Waals surface area contributed by atoms with Crippen LogP contribution in [0.5, 0.6) is 0 Å². The normalized spacial score (nSPS) is 16.7. The van der Waals surface area contributed by atoms with Gasteiger partial charge in [0.05, 0.1) is 16.2 Å². The maximum Gasteiger partial charge on any atom is 0.263 e. The monoisotopic (exact) mass is 486 g/mol. The number of anilines is 1. The highest BCUT2D eigenvalue weighted by Gasteiger charge is 2.26. The molecule has 2 unspecified atom stereocenters. The Morgan fingerprint density at radius 2 is 2.22 bits per heavy atom. The molecule has 9 heteroatoms. The molecular weight excluding hydrogens is 460 g/mol. The molecule has 4 rings (SSSR count). The summed E-state index contributed by atoms with van der Waals surface area (Å²) < 4.78 is 1.75. The fourth-order valence-electron chi connectivity index (χ4n) is 3.94. The van der Waals surface area contributed by atoms with Crippen LogP contribution < -0.4 is 10.9 Å². The largest absolute Gasteiger partial charge is 0.316 e. The first-order valence-electron chi connectivity index (χ1n) is 10.8. The zero-order chi connectivity index (χ0) is 23.0. The van der Waals surface area contributed by atoms with Gasteiger partial charge < -0.3 is 5.32 Å². The number of aromatic nitrogens is 2. The molecule has 0 bridgehead atoms. The molecule has 3 aromatic heterocycles. The number of carbonyl (C=O) groups excluding carboxylic acids is 1. The molecule has 0 radical (unpaired) electrons. The van der Waals surface area contributed by atoms with E-state index >= 15 is 0 Å². The summed E-state index contributed by atoms with van der Waals surface area (Å²) in [5, 5.41) is 15.2. The summed E-state index contributed by atoms with van der Waals surface area (Å²) in [5.74, 6) is 0.689. The predicted molar refractivity (Wildman–Crippen MR) is 133 cm³/mol. The van der Waals surface area contributed by atoms with Gasteiger partial charge in [-0.25, -0.2) is 4.98 Å². The average Bonchev–Trinajstić information content (AvgIpc) is 3.33. The number of amides is 1. The lowest BCUT2D eigenvalue weighted by atomic mass is 9.89. The van der Waals surface area contributed by atoms with Crippen LogP contribution in [0.25, 0.3) is 10.2 Å². The van der Waals surface area contributed by atoms with Crippen molar-refractivity contribution < 1.29 is 4.79 Å². The van der Waals surface area contributed by atoms with Crippen molar-refractivity contribution in [2.24, 2.45) is 11.8 Å². The molecule has 168 valence electrons. The second-order valence-electron chi connectivity index (χ2n) is 8.76. The molecule has 0 fully saturated rings. The van der Waals surface area contributed by atoms with Crippen molar-refractivity contribution >= 4 is 55.6 Å². The van der Waals surface area contributed by atoms with E-state index < -0.39 is 5.25 Å². The Morgan fingerprint density at radius 3 is 2.94 bits per heavy atom. The Balaban J connectivity index is 1.68. The van der Waals surface area contributed by atoms with Gasteiger partial charge in [-0.3, -0.25) is 14.2 Å². The molecule has 0 aliphatic heterocycles. The van der Waals surface area contributed by atoms with Crippen molar-refractivity contribution in [3.8, 4) is 6.07 Å². The van der Waals surface area contributed by atoms with Crippen LogP contribution in [-0.4, -0.2) is 20.7 Å². The summed E-state index contributed by atoms with van der Waals surface area (Å²) in [7, 11) is 0. The molecule has 3 heterocycles. The number of rotatable bonds is 6. The van der Waals surface area contributed by atoms with E-state index in [1.54, 1.807) is 34.3 Å². The molecule has 1 aliphatic rings. The highest BCUT2D eigenvalue weighted by molar-refractivity contribution is 8.00. The van der Waals surface area contributed by atoms with Gasteiger partial charge in [-0.1, -0.05) is 32.5 Å². The number of carbonyl (C=O) groups is 1. The number of fused-ring (bicyclic) bond motifs is 3. The molecule has 6 nitrogen and oxygen atoms in total. The summed E-state index contributed by atoms with van der Waals surface area (Å²) in [5.41, 5.74) is 1.65. The highest BCUT2D eigenvalue weighted by atomic mass is 32.2. The van der Waals surface area contributed by atoms with Crippen LogP contribution in [0.15, 0.2) is 21.4 Å². The van der Waals surface area contributed by atoms with Gasteiger partial charge in [-0.15, -0.1) is 22.7 Å². The summed E-state index contributed by atoms with van der Waals surface area (Å²) >= 11 is 4.25. The molecule has 1 amide bonds. The number of thioether (sulfide) groups is 1. The van der Waals surface area contributed by atoms with Gasteiger partial charge in [0.1, 0.15) is 15.9 Å². The van der Waals surface area contributed by atoms with E-state index in [2.05, 4.69) is 32.2 Å². The maximum atomic E-state index is 13.6. The fourth-order valence-corrected chi connectivity index (χ4v) is 7.02. The predicted octanol–water partition coefficient (Wildman–Crippen LogP) is 5.29. The molecule has 0 spiro atoms. The third-order valence-corrected chi connectivity index (χ3v) is 8.67. The average molecular weight is 487 g/mol. The van der Waals surface area contributed by atoms with Gasteiger partial charge in [0, 0.05) is 11.4 Å². The van der Waals surface area contributed by atoms with Crippen molar-refractivity contribution in [3.05, 3.63) is 37.8 Å². The summed E-state index contributed by atoms with van der Waals surface area (Å²) in [6, 6.07) is 3.77. The number of thiophene rings is 2. The van der Waals surface area contributed by atoms with Crippen LogP contribution in [0.3, 0.4) is 0 Å². The van der Waals surface area contributed by atoms with E-state index in [9.17, 15) is 14.9 Å². The molecule has 0 saturated heterocycles. The van der Waals surface area contributed by atoms with E-state index in [1.807, 2.05) is 0 Å². The second-order valence-corrected chi connectivity index (χ2v) is 12.1. The SMILES string of the molecule is CC(C)Cn1c(SC(C)C(=O)Nc2sccc2C#N)nc2sc3c(c2c1=O)CCC(C)C3. The van der Waals surface area contributed by atoms with Gasteiger partial charge in [0.2, 0.25) is 5.91 Å². The van der Waals surface area contributed by atoms with E-state index in [-0.39, 0.29) is 17.4 Å². The van der Waals surface area contributed by atoms with Crippen LogP contribution in [0, 0.1) is 23.2 Å². The van der Waals surface area contributed by atoms with E-state index in [1.165, 1.54) is 33.5 Å². The highest BCUT2D eigenvalue weighted by Crippen LogP contribution is 2.37. The third kappa shape index (κ3) is 4.49. The second kappa shape index (κ2) is 9.38. The number of nitrogens with one attached hydrogen (secondary N) is 1. The fraction of sp³-hybridized carbons (Fsp3) is 0.478. The van der Waals surface area contributed by atoms with E-state index in [0.29, 0.717) is 28.2 Å². The molecular formula is C23H26N4O2S3. The minimum Gasteiger partial charge on any atom is -0.316 e. The van der Waals surface area contributed by atoms with Crippen molar-refractivity contribution in [2.75, 3.05) is 5.32 Å². The van der Waals surface area contributed by atoms with Gasteiger partial charge in [-0.05, 0) is 55.0 Å². The number of nitriles is 1. The molecule has 1 N–H and O–H groups in total. The van der Waals surface area contributed by atoms with Crippen LogP contribution in [0.2, 0.25) is 0 Å². The lowest BCUT2D eigenvalue weighted by Crippen LogP contribution is -2.28. The number of aryl methyl sites for hydroxylation is 1. The van der Waals surface area contributed by atoms with E-state index in [0.717, 1.165) is 29.5 Å². The minimum atomic E-state index is -0.471. The zero-order valence-corrected chi connectivity index (χ0v) is 21.0. The molecule has 0 aromatic carbocycles. The van der Waals surface area contributed by atoms with Crippen molar-refractivity contribution in [1.29, 1.82) is 5.26 Å². The lowest BCUT2D eigenvalue weighted by molar-refractivity contribution is -0.115. The number of hydrogen-bond donors (Lipinski definition) is 1. The van der Waals surface area contributed by atoms with Gasteiger partial charge in [-0.2, -0.15) is 5.26 Å². The Labute approximate surface area is 199 Å². The quantitative estimate of drug-likeness (QED) is 0.378. The number of nitrogens with zero attached hydrogens (tertiary/aromatic N) is 3. The van der Waals surface area contributed by atoms with E-state index in [4.69, 9.17) is 4.98 Å². The lowest BCUT2D eigenvalue weighted by Gasteiger charge is -2.18. The maximum absolute atomic E-state index is 13.6. The number of hydrogen-bond acceptors (Lipinski definition) is 7. The first kappa shape index (κ1) is 23.0. The molecule has 32 heavy (non-hydrogen) atoms. The smallest absolute Gasteiger partial charge is 0.263 e. The molecule has 1 aliphatic carbocycles. The van der Waals surface area contributed by atoms with Gasteiger partial charge >= 0.3 is 0 Å². The zero-order valence-electron chi connectivity index (χ0n) is 18.6. The molecule has 0 saturated carbocycles. The summed E-state index contributed by atoms with van der Waals surface area (Å²) in [6.07, 6.45) is 3.04. The Kier molecular flexibility index (Phi) is 6.75. The summed E-state index contributed by atoms with van der Waals surface area (Å²) in [4.78, 5) is 33.3. The van der Waals surface area contributed by atoms with Crippen molar-refractivity contribution in [2.45, 2.75) is 63.9 Å². The van der Waals surface area contributed by atoms with Crippen LogP contribution in [0.4, 0.5) is 5.00 Å². The van der Waals surface area contributed by atoms with Gasteiger partial charge in [0.25, 0.3) is 5.56 Å². The van der Waals surface area contributed by atoms with Crippen LogP contribution in [0.1, 0.15) is 50.1 Å². The summed E-state index contributed by atoms with van der Waals surface area (Å²) in [6.45, 7) is 8.77.